The third-order valence-corrected chi connectivity index (χ3v) is 5.14. The largest absolute Gasteiger partial charge is 0.353 e. The fourth-order valence-electron chi connectivity index (χ4n) is 3.41. The minimum absolute atomic E-state index is 0.359. The molecule has 0 spiro atoms. The van der Waals surface area contributed by atoms with Gasteiger partial charge in [0.15, 0.2) is 5.82 Å². The number of para-hydroxylation sites is 1. The Morgan fingerprint density at radius 1 is 1.24 bits per heavy atom. The van der Waals surface area contributed by atoms with Gasteiger partial charge in [0.25, 0.3) is 5.91 Å². The highest BCUT2D eigenvalue weighted by Crippen LogP contribution is 2.31. The summed E-state index contributed by atoms with van der Waals surface area (Å²) < 4.78 is 2.04. The number of aryl methyl sites for hydroxylation is 1. The molecule has 0 fully saturated rings. The molecule has 3 N–H and O–H groups in total. The maximum atomic E-state index is 12.2. The van der Waals surface area contributed by atoms with Crippen molar-refractivity contribution < 1.29 is 9.63 Å². The van der Waals surface area contributed by atoms with Crippen molar-refractivity contribution in [2.24, 2.45) is 0 Å². The summed E-state index contributed by atoms with van der Waals surface area (Å²) in [7, 11) is 1.39. The fraction of sp³-hybridized carbons (Fsp3) is 0.250. The second-order valence-corrected chi connectivity index (χ2v) is 7.13. The molecule has 1 aromatic carbocycles. The molecule has 150 valence electrons. The highest BCUT2D eigenvalue weighted by atomic mass is 35.5. The van der Waals surface area contributed by atoms with Crippen molar-refractivity contribution in [2.75, 3.05) is 17.7 Å². The fourth-order valence-corrected chi connectivity index (χ4v) is 3.56. The van der Waals surface area contributed by atoms with Crippen LogP contribution in [0.4, 0.5) is 23.0 Å². The first-order valence-electron chi connectivity index (χ1n) is 9.25. The molecule has 1 aliphatic heterocycles. The van der Waals surface area contributed by atoms with Crippen LogP contribution >= 0.6 is 11.6 Å². The lowest BCUT2D eigenvalue weighted by atomic mass is 10.1. The van der Waals surface area contributed by atoms with E-state index in [1.54, 1.807) is 30.5 Å². The minimum atomic E-state index is -0.359. The summed E-state index contributed by atoms with van der Waals surface area (Å²) in [4.78, 5) is 21.3. The van der Waals surface area contributed by atoms with Crippen LogP contribution in [0, 0.1) is 6.92 Å². The van der Waals surface area contributed by atoms with Gasteiger partial charge in [-0.15, -0.1) is 0 Å². The molecule has 0 radical (unpaired) electrons. The summed E-state index contributed by atoms with van der Waals surface area (Å²) in [5.41, 5.74) is 6.36. The molecule has 0 unspecified atom stereocenters. The Morgan fingerprint density at radius 2 is 2.07 bits per heavy atom. The number of hydroxylamine groups is 1. The van der Waals surface area contributed by atoms with Crippen LogP contribution in [0.5, 0.6) is 0 Å². The SMILES string of the molecule is CONC(=O)c1ccccc1Nc1cc(Nc2nn3c(c2C)CCC3)ncc1Cl. The molecule has 0 atom stereocenters. The van der Waals surface area contributed by atoms with Crippen LogP contribution in [0.15, 0.2) is 36.5 Å². The number of anilines is 4. The molecule has 0 saturated carbocycles. The molecule has 2 aromatic heterocycles. The van der Waals surface area contributed by atoms with Crippen LogP contribution in [0.1, 0.15) is 28.0 Å². The third kappa shape index (κ3) is 3.90. The van der Waals surface area contributed by atoms with Crippen LogP contribution in [0.25, 0.3) is 0 Å². The molecule has 9 heteroatoms. The first-order chi connectivity index (χ1) is 14.1. The molecule has 0 bridgehead atoms. The average molecular weight is 413 g/mol. The zero-order valence-electron chi connectivity index (χ0n) is 16.1. The molecule has 0 aliphatic carbocycles. The van der Waals surface area contributed by atoms with Gasteiger partial charge >= 0.3 is 0 Å². The second-order valence-electron chi connectivity index (χ2n) is 6.73. The number of fused-ring (bicyclic) bond motifs is 1. The Balaban J connectivity index is 1.59. The maximum absolute atomic E-state index is 12.2. The van der Waals surface area contributed by atoms with Crippen molar-refractivity contribution in [1.82, 2.24) is 20.2 Å². The molecule has 4 rings (SSSR count). The molecule has 1 amide bonds. The Hall–Kier alpha value is -3.10. The quantitative estimate of drug-likeness (QED) is 0.530. The summed E-state index contributed by atoms with van der Waals surface area (Å²) in [5, 5.41) is 11.5. The van der Waals surface area contributed by atoms with Gasteiger partial charge < -0.3 is 10.6 Å². The summed E-state index contributed by atoms with van der Waals surface area (Å²) in [6.07, 6.45) is 3.73. The van der Waals surface area contributed by atoms with Crippen LogP contribution in [-0.2, 0) is 17.8 Å². The Labute approximate surface area is 173 Å². The summed E-state index contributed by atoms with van der Waals surface area (Å²) in [6, 6.07) is 8.88. The van der Waals surface area contributed by atoms with Gasteiger partial charge in [-0.05, 0) is 31.9 Å². The molecule has 3 aromatic rings. The number of hydrogen-bond donors (Lipinski definition) is 3. The number of halogens is 1. The first kappa shape index (κ1) is 19.2. The van der Waals surface area contributed by atoms with Crippen LogP contribution < -0.4 is 16.1 Å². The van der Waals surface area contributed by atoms with Gasteiger partial charge in [-0.3, -0.25) is 14.3 Å². The summed E-state index contributed by atoms with van der Waals surface area (Å²) in [5.74, 6) is 1.04. The standard InChI is InChI=1S/C20H21ClN6O2/c1-12-17-8-5-9-27(17)25-19(12)24-18-10-16(14(21)11-22-18)23-15-7-4-3-6-13(15)20(28)26-29-2/h3-4,6-7,10-11H,5,8-9H2,1-2H3,(H,26,28)(H2,22,23,24,25). The zero-order valence-corrected chi connectivity index (χ0v) is 16.9. The molecule has 1 aliphatic rings. The van der Waals surface area contributed by atoms with Gasteiger partial charge in [-0.2, -0.15) is 5.10 Å². The predicted molar refractivity (Wildman–Crippen MR) is 112 cm³/mol. The molecule has 3 heterocycles. The van der Waals surface area contributed by atoms with E-state index in [1.165, 1.54) is 12.8 Å². The summed E-state index contributed by atoms with van der Waals surface area (Å²) >= 11 is 6.34. The molecular formula is C20H21ClN6O2. The van der Waals surface area contributed by atoms with Gasteiger partial charge in [-0.1, -0.05) is 23.7 Å². The van der Waals surface area contributed by atoms with Gasteiger partial charge in [-0.25, -0.2) is 10.5 Å². The van der Waals surface area contributed by atoms with Crippen molar-refractivity contribution >= 4 is 40.5 Å². The van der Waals surface area contributed by atoms with Crippen molar-refractivity contribution in [2.45, 2.75) is 26.3 Å². The molecular weight excluding hydrogens is 392 g/mol. The lowest BCUT2D eigenvalue weighted by Gasteiger charge is -2.14. The van der Waals surface area contributed by atoms with Crippen molar-refractivity contribution in [1.29, 1.82) is 0 Å². The monoisotopic (exact) mass is 412 g/mol. The van der Waals surface area contributed by atoms with Gasteiger partial charge in [0.2, 0.25) is 0 Å². The number of nitrogens with zero attached hydrogens (tertiary/aromatic N) is 3. The number of rotatable bonds is 6. The van der Waals surface area contributed by atoms with E-state index in [9.17, 15) is 4.79 Å². The Morgan fingerprint density at radius 3 is 2.86 bits per heavy atom. The highest BCUT2D eigenvalue weighted by Gasteiger charge is 2.19. The molecule has 0 saturated heterocycles. The number of aromatic nitrogens is 3. The first-order valence-corrected chi connectivity index (χ1v) is 9.63. The van der Waals surface area contributed by atoms with E-state index in [0.29, 0.717) is 27.8 Å². The minimum Gasteiger partial charge on any atom is -0.353 e. The van der Waals surface area contributed by atoms with E-state index in [4.69, 9.17) is 16.4 Å². The highest BCUT2D eigenvalue weighted by molar-refractivity contribution is 6.33. The number of hydrogen-bond acceptors (Lipinski definition) is 6. The number of nitrogens with one attached hydrogen (secondary N) is 3. The van der Waals surface area contributed by atoms with E-state index in [0.717, 1.165) is 30.8 Å². The smallest absolute Gasteiger partial charge is 0.276 e. The Kier molecular flexibility index (Phi) is 5.37. The van der Waals surface area contributed by atoms with E-state index < -0.39 is 0 Å². The van der Waals surface area contributed by atoms with E-state index >= 15 is 0 Å². The van der Waals surface area contributed by atoms with E-state index in [1.807, 2.05) is 10.7 Å². The van der Waals surface area contributed by atoms with Gasteiger partial charge in [0, 0.05) is 23.9 Å². The number of carbonyl (C=O) groups is 1. The van der Waals surface area contributed by atoms with E-state index in [-0.39, 0.29) is 5.91 Å². The topological polar surface area (TPSA) is 93.1 Å². The zero-order chi connectivity index (χ0) is 20.4. The third-order valence-electron chi connectivity index (χ3n) is 4.84. The normalized spacial score (nSPS) is 12.5. The van der Waals surface area contributed by atoms with Crippen LogP contribution in [0.3, 0.4) is 0 Å². The Bertz CT molecular complexity index is 1070. The van der Waals surface area contributed by atoms with Gasteiger partial charge in [0.1, 0.15) is 5.82 Å². The van der Waals surface area contributed by atoms with E-state index in [2.05, 4.69) is 33.1 Å². The lowest BCUT2D eigenvalue weighted by molar-refractivity contribution is 0.0538. The second kappa shape index (κ2) is 8.10. The van der Waals surface area contributed by atoms with Crippen LogP contribution in [0.2, 0.25) is 5.02 Å². The number of amides is 1. The number of carbonyl (C=O) groups excluding carboxylic acids is 1. The van der Waals surface area contributed by atoms with Crippen molar-refractivity contribution in [3.05, 3.63) is 58.4 Å². The number of pyridine rings is 1. The van der Waals surface area contributed by atoms with Crippen LogP contribution in [-0.4, -0.2) is 27.8 Å². The molecule has 29 heavy (non-hydrogen) atoms. The lowest BCUT2D eigenvalue weighted by Crippen LogP contribution is -2.22. The van der Waals surface area contributed by atoms with Crippen molar-refractivity contribution in [3.8, 4) is 0 Å². The predicted octanol–water partition coefficient (Wildman–Crippen LogP) is 3.96. The molecule has 8 nitrogen and oxygen atoms in total. The maximum Gasteiger partial charge on any atom is 0.276 e. The summed E-state index contributed by atoms with van der Waals surface area (Å²) in [6.45, 7) is 3.01. The number of benzene rings is 1. The van der Waals surface area contributed by atoms with Gasteiger partial charge in [0.05, 0.1) is 35.3 Å². The van der Waals surface area contributed by atoms with Crippen molar-refractivity contribution in [3.63, 3.8) is 0 Å². The average Bonchev–Trinajstić information content (AvgIpc) is 3.28.